The van der Waals surface area contributed by atoms with Crippen LogP contribution in [0.15, 0.2) is 12.1 Å². The van der Waals surface area contributed by atoms with Crippen molar-refractivity contribution >= 4 is 12.6 Å². The molecule has 0 atom stereocenters. The van der Waals surface area contributed by atoms with E-state index in [0.717, 1.165) is 0 Å². The molecule has 4 nitrogen and oxygen atoms in total. The highest BCUT2D eigenvalue weighted by Gasteiger charge is 2.52. The van der Waals surface area contributed by atoms with Gasteiger partial charge in [0, 0.05) is 5.46 Å². The predicted molar refractivity (Wildman–Crippen MR) is 89.0 cm³/mol. The van der Waals surface area contributed by atoms with Crippen molar-refractivity contribution in [3.8, 4) is 11.5 Å². The molecule has 1 aliphatic rings. The minimum absolute atomic E-state index is 0.123. The van der Waals surface area contributed by atoms with Crippen LogP contribution in [0.2, 0.25) is 0 Å². The van der Waals surface area contributed by atoms with Gasteiger partial charge in [0.05, 0.1) is 23.9 Å². The van der Waals surface area contributed by atoms with Gasteiger partial charge in [0.2, 0.25) is 5.82 Å². The molecule has 2 rings (SSSR count). The van der Waals surface area contributed by atoms with Gasteiger partial charge >= 0.3 is 7.12 Å². The standard InChI is InChI=1S/C17H26BFO4/c1-8-20-15-12(9-10-13(14(15)19)21-11(2)3)18-22-16(4,5)17(6,7)23-18/h9-11H,8H2,1-7H3. The van der Waals surface area contributed by atoms with E-state index in [1.807, 2.05) is 48.5 Å². The first-order valence-corrected chi connectivity index (χ1v) is 8.06. The van der Waals surface area contributed by atoms with Crippen LogP contribution in [0.3, 0.4) is 0 Å². The maximum Gasteiger partial charge on any atom is 0.498 e. The largest absolute Gasteiger partial charge is 0.498 e. The van der Waals surface area contributed by atoms with Crippen LogP contribution in [-0.2, 0) is 9.31 Å². The first kappa shape index (κ1) is 18.1. The molecule has 0 saturated carbocycles. The number of hydrogen-bond donors (Lipinski definition) is 0. The topological polar surface area (TPSA) is 36.9 Å². The Hall–Kier alpha value is -1.27. The number of rotatable bonds is 5. The summed E-state index contributed by atoms with van der Waals surface area (Å²) in [4.78, 5) is 0. The number of benzene rings is 1. The van der Waals surface area contributed by atoms with Gasteiger partial charge in [-0.1, -0.05) is 6.07 Å². The van der Waals surface area contributed by atoms with Crippen LogP contribution in [0.4, 0.5) is 4.39 Å². The van der Waals surface area contributed by atoms with Gasteiger partial charge in [0.25, 0.3) is 0 Å². The van der Waals surface area contributed by atoms with Crippen molar-refractivity contribution in [2.45, 2.75) is 65.8 Å². The Morgan fingerprint density at radius 2 is 1.70 bits per heavy atom. The molecular formula is C17H26BFO4. The zero-order chi connectivity index (χ0) is 17.4. The molecule has 0 N–H and O–H groups in total. The first-order valence-electron chi connectivity index (χ1n) is 8.06. The molecule has 0 bridgehead atoms. The average molecular weight is 324 g/mol. The Kier molecular flexibility index (Phi) is 4.97. The number of ether oxygens (including phenoxy) is 2. The summed E-state index contributed by atoms with van der Waals surface area (Å²) < 4.78 is 37.8. The van der Waals surface area contributed by atoms with Crippen molar-refractivity contribution in [2.24, 2.45) is 0 Å². The van der Waals surface area contributed by atoms with Crippen LogP contribution in [0, 0.1) is 5.82 Å². The second kappa shape index (κ2) is 6.32. The summed E-state index contributed by atoms with van der Waals surface area (Å²) in [6, 6.07) is 3.34. The van der Waals surface area contributed by atoms with Crippen LogP contribution >= 0.6 is 0 Å². The zero-order valence-electron chi connectivity index (χ0n) is 15.0. The summed E-state index contributed by atoms with van der Waals surface area (Å²) in [6.07, 6.45) is -0.123. The smallest absolute Gasteiger partial charge is 0.491 e. The van der Waals surface area contributed by atoms with Crippen LogP contribution in [0.1, 0.15) is 48.5 Å². The van der Waals surface area contributed by atoms with E-state index < -0.39 is 24.1 Å². The van der Waals surface area contributed by atoms with E-state index in [0.29, 0.717) is 12.1 Å². The van der Waals surface area contributed by atoms with E-state index >= 15 is 0 Å². The van der Waals surface area contributed by atoms with E-state index in [4.69, 9.17) is 18.8 Å². The summed E-state index contributed by atoms with van der Waals surface area (Å²) in [5.74, 6) is -0.222. The Bertz CT molecular complexity index is 556. The van der Waals surface area contributed by atoms with Gasteiger partial charge in [-0.05, 0) is 54.5 Å². The van der Waals surface area contributed by atoms with Crippen LogP contribution in [-0.4, -0.2) is 31.0 Å². The van der Waals surface area contributed by atoms with Gasteiger partial charge in [0.15, 0.2) is 11.5 Å². The van der Waals surface area contributed by atoms with Crippen molar-refractivity contribution < 1.29 is 23.2 Å². The fourth-order valence-electron chi connectivity index (χ4n) is 2.34. The van der Waals surface area contributed by atoms with E-state index in [-0.39, 0.29) is 17.6 Å². The molecule has 0 aromatic heterocycles. The van der Waals surface area contributed by atoms with Crippen LogP contribution in [0.25, 0.3) is 0 Å². The second-order valence-corrected chi connectivity index (χ2v) is 6.98. The third kappa shape index (κ3) is 3.48. The Morgan fingerprint density at radius 3 is 2.17 bits per heavy atom. The van der Waals surface area contributed by atoms with E-state index in [1.165, 1.54) is 0 Å². The summed E-state index contributed by atoms with van der Waals surface area (Å²) in [6.45, 7) is 13.7. The lowest BCUT2D eigenvalue weighted by molar-refractivity contribution is 0.00578. The molecule has 0 radical (unpaired) electrons. The van der Waals surface area contributed by atoms with Gasteiger partial charge < -0.3 is 18.8 Å². The molecule has 1 aromatic rings. The molecule has 23 heavy (non-hydrogen) atoms. The molecule has 0 unspecified atom stereocenters. The Balaban J connectivity index is 2.41. The maximum atomic E-state index is 14.8. The van der Waals surface area contributed by atoms with Gasteiger partial charge in [0.1, 0.15) is 0 Å². The molecule has 0 amide bonds. The predicted octanol–water partition coefficient (Wildman–Crippen LogP) is 3.31. The third-order valence-electron chi connectivity index (χ3n) is 4.25. The number of hydrogen-bond acceptors (Lipinski definition) is 4. The Labute approximate surface area is 138 Å². The van der Waals surface area contributed by atoms with Gasteiger partial charge in [-0.3, -0.25) is 0 Å². The van der Waals surface area contributed by atoms with Crippen molar-refractivity contribution in [1.29, 1.82) is 0 Å². The lowest BCUT2D eigenvalue weighted by Gasteiger charge is -2.32. The van der Waals surface area contributed by atoms with E-state index in [2.05, 4.69) is 0 Å². The van der Waals surface area contributed by atoms with Gasteiger partial charge in [-0.15, -0.1) is 0 Å². The Morgan fingerprint density at radius 1 is 1.13 bits per heavy atom. The molecule has 1 aromatic carbocycles. The molecule has 128 valence electrons. The normalized spacial score (nSPS) is 19.3. The molecule has 1 aliphatic heterocycles. The minimum Gasteiger partial charge on any atom is -0.491 e. The monoisotopic (exact) mass is 324 g/mol. The number of halogens is 1. The highest BCUT2D eigenvalue weighted by Crippen LogP contribution is 2.38. The van der Waals surface area contributed by atoms with Gasteiger partial charge in [-0.2, -0.15) is 4.39 Å². The minimum atomic E-state index is -0.677. The van der Waals surface area contributed by atoms with Crippen LogP contribution in [0.5, 0.6) is 11.5 Å². The lowest BCUT2D eigenvalue weighted by Crippen LogP contribution is -2.41. The zero-order valence-corrected chi connectivity index (χ0v) is 15.0. The second-order valence-electron chi connectivity index (χ2n) is 6.98. The molecule has 0 spiro atoms. The molecule has 0 aliphatic carbocycles. The summed E-state index contributed by atoms with van der Waals surface area (Å²) in [5, 5.41) is 0. The third-order valence-corrected chi connectivity index (χ3v) is 4.25. The highest BCUT2D eigenvalue weighted by molar-refractivity contribution is 6.63. The van der Waals surface area contributed by atoms with Crippen LogP contribution < -0.4 is 14.9 Å². The quantitative estimate of drug-likeness (QED) is 0.779. The molecule has 1 fully saturated rings. The van der Waals surface area contributed by atoms with E-state index in [9.17, 15) is 4.39 Å². The fraction of sp³-hybridized carbons (Fsp3) is 0.647. The summed E-state index contributed by atoms with van der Waals surface area (Å²) >= 11 is 0. The van der Waals surface area contributed by atoms with Gasteiger partial charge in [-0.25, -0.2) is 0 Å². The average Bonchev–Trinajstić information content (AvgIpc) is 2.63. The maximum absolute atomic E-state index is 14.8. The highest BCUT2D eigenvalue weighted by atomic mass is 19.1. The SMILES string of the molecule is CCOc1c(B2OC(C)(C)C(C)(C)O2)ccc(OC(C)C)c1F. The molecular weight excluding hydrogens is 298 g/mol. The van der Waals surface area contributed by atoms with Crippen molar-refractivity contribution in [3.63, 3.8) is 0 Å². The molecule has 6 heteroatoms. The summed E-state index contributed by atoms with van der Waals surface area (Å²) in [7, 11) is -0.677. The van der Waals surface area contributed by atoms with E-state index in [1.54, 1.807) is 12.1 Å². The molecule has 1 heterocycles. The fourth-order valence-corrected chi connectivity index (χ4v) is 2.34. The van der Waals surface area contributed by atoms with Crippen molar-refractivity contribution in [2.75, 3.05) is 6.61 Å². The molecule has 1 saturated heterocycles. The summed E-state index contributed by atoms with van der Waals surface area (Å²) in [5.41, 5.74) is -0.450. The first-order chi connectivity index (χ1) is 10.6. The lowest BCUT2D eigenvalue weighted by atomic mass is 9.78. The van der Waals surface area contributed by atoms with Crippen molar-refractivity contribution in [1.82, 2.24) is 0 Å². The van der Waals surface area contributed by atoms with Crippen molar-refractivity contribution in [3.05, 3.63) is 17.9 Å².